The second-order valence-electron chi connectivity index (χ2n) is 5.14. The van der Waals surface area contributed by atoms with Crippen LogP contribution in [0.2, 0.25) is 0 Å². The lowest BCUT2D eigenvalue weighted by molar-refractivity contribution is -0.125. The molecule has 1 saturated heterocycles. The lowest BCUT2D eigenvalue weighted by Gasteiger charge is -2.22. The third kappa shape index (κ3) is 4.04. The molecule has 1 aromatic rings. The lowest BCUT2D eigenvalue weighted by Crippen LogP contribution is -2.44. The van der Waals surface area contributed by atoms with E-state index in [1.807, 2.05) is 30.0 Å². The second kappa shape index (κ2) is 6.68. The van der Waals surface area contributed by atoms with Crippen LogP contribution < -0.4 is 5.32 Å². The summed E-state index contributed by atoms with van der Waals surface area (Å²) in [7, 11) is 0. The van der Waals surface area contributed by atoms with E-state index in [-0.39, 0.29) is 18.1 Å². The number of likely N-dealkylation sites (tertiary alicyclic amines) is 1. The first kappa shape index (κ1) is 14.0. The van der Waals surface area contributed by atoms with Gasteiger partial charge in [-0.2, -0.15) is 0 Å². The van der Waals surface area contributed by atoms with Gasteiger partial charge >= 0.3 is 0 Å². The predicted octanol–water partition coefficient (Wildman–Crippen LogP) is 0.800. The van der Waals surface area contributed by atoms with Crippen molar-refractivity contribution in [1.29, 1.82) is 0 Å². The van der Waals surface area contributed by atoms with Crippen molar-refractivity contribution in [2.75, 3.05) is 19.6 Å². The van der Waals surface area contributed by atoms with Crippen LogP contribution in [0, 0.1) is 0 Å². The Morgan fingerprint density at radius 2 is 2.21 bits per heavy atom. The van der Waals surface area contributed by atoms with Crippen LogP contribution in [0.25, 0.3) is 0 Å². The maximum atomic E-state index is 12.0. The molecule has 0 aromatic heterocycles. The number of benzene rings is 1. The van der Waals surface area contributed by atoms with Gasteiger partial charge in [0.2, 0.25) is 5.91 Å². The number of β-amino-alcohol motifs (C(OH)–C–C–N with tert-alkyl or cyclic N) is 1. The van der Waals surface area contributed by atoms with Crippen LogP contribution in [-0.4, -0.2) is 47.7 Å². The highest BCUT2D eigenvalue weighted by Crippen LogP contribution is 2.12. The van der Waals surface area contributed by atoms with Gasteiger partial charge in [-0.25, -0.2) is 0 Å². The van der Waals surface area contributed by atoms with E-state index >= 15 is 0 Å². The van der Waals surface area contributed by atoms with Gasteiger partial charge in [0.25, 0.3) is 0 Å². The highest BCUT2D eigenvalue weighted by molar-refractivity contribution is 5.81. The molecule has 1 aliphatic rings. The molecule has 0 bridgehead atoms. The summed E-state index contributed by atoms with van der Waals surface area (Å²) in [6.45, 7) is 3.96. The van der Waals surface area contributed by atoms with E-state index in [9.17, 15) is 9.90 Å². The van der Waals surface area contributed by atoms with Crippen LogP contribution in [0.15, 0.2) is 30.3 Å². The van der Waals surface area contributed by atoms with Gasteiger partial charge in [-0.3, -0.25) is 9.69 Å². The number of nitrogens with zero attached hydrogens (tertiary/aromatic N) is 1. The zero-order chi connectivity index (χ0) is 13.7. The van der Waals surface area contributed by atoms with E-state index in [4.69, 9.17) is 0 Å². The average molecular weight is 262 g/mol. The van der Waals surface area contributed by atoms with Crippen molar-refractivity contribution in [3.63, 3.8) is 0 Å². The van der Waals surface area contributed by atoms with Crippen molar-refractivity contribution in [3.8, 4) is 0 Å². The maximum Gasteiger partial charge on any atom is 0.237 e. The molecule has 0 radical (unpaired) electrons. The Labute approximate surface area is 114 Å². The highest BCUT2D eigenvalue weighted by atomic mass is 16.3. The number of rotatable bonds is 5. The minimum atomic E-state index is -0.278. The summed E-state index contributed by atoms with van der Waals surface area (Å²) in [4.78, 5) is 14.0. The summed E-state index contributed by atoms with van der Waals surface area (Å²) in [6, 6.07) is 9.96. The Hall–Kier alpha value is -1.39. The summed E-state index contributed by atoms with van der Waals surface area (Å²) < 4.78 is 0. The zero-order valence-corrected chi connectivity index (χ0v) is 11.4. The van der Waals surface area contributed by atoms with Crippen molar-refractivity contribution >= 4 is 5.91 Å². The number of hydrogen-bond acceptors (Lipinski definition) is 3. The average Bonchev–Trinajstić information content (AvgIpc) is 2.85. The largest absolute Gasteiger partial charge is 0.392 e. The Kier molecular flexibility index (Phi) is 4.93. The molecular formula is C15H22N2O2. The molecule has 1 heterocycles. The Morgan fingerprint density at radius 3 is 2.84 bits per heavy atom. The van der Waals surface area contributed by atoms with E-state index in [2.05, 4.69) is 17.4 Å². The van der Waals surface area contributed by atoms with Crippen LogP contribution in [0.4, 0.5) is 0 Å². The van der Waals surface area contributed by atoms with Gasteiger partial charge in [-0.05, 0) is 25.3 Å². The van der Waals surface area contributed by atoms with Gasteiger partial charge < -0.3 is 10.4 Å². The van der Waals surface area contributed by atoms with Crippen molar-refractivity contribution in [2.24, 2.45) is 0 Å². The van der Waals surface area contributed by atoms with E-state index in [0.29, 0.717) is 13.1 Å². The first-order chi connectivity index (χ1) is 9.16. The Bertz CT molecular complexity index is 408. The van der Waals surface area contributed by atoms with Crippen molar-refractivity contribution in [2.45, 2.75) is 31.9 Å². The fourth-order valence-electron chi connectivity index (χ4n) is 2.41. The van der Waals surface area contributed by atoms with E-state index < -0.39 is 0 Å². The lowest BCUT2D eigenvalue weighted by atomic mass is 10.1. The number of nitrogens with one attached hydrogen (secondary N) is 1. The quantitative estimate of drug-likeness (QED) is 0.825. The molecule has 2 N–H and O–H groups in total. The molecule has 0 aliphatic carbocycles. The minimum Gasteiger partial charge on any atom is -0.392 e. The molecule has 4 nitrogen and oxygen atoms in total. The number of hydrogen-bond donors (Lipinski definition) is 2. The fourth-order valence-corrected chi connectivity index (χ4v) is 2.41. The smallest absolute Gasteiger partial charge is 0.237 e. The van der Waals surface area contributed by atoms with Crippen molar-refractivity contribution < 1.29 is 9.90 Å². The third-order valence-corrected chi connectivity index (χ3v) is 3.68. The summed E-state index contributed by atoms with van der Waals surface area (Å²) in [6.07, 6.45) is 1.34. The third-order valence-electron chi connectivity index (χ3n) is 3.68. The van der Waals surface area contributed by atoms with Crippen LogP contribution >= 0.6 is 0 Å². The van der Waals surface area contributed by atoms with Gasteiger partial charge in [-0.1, -0.05) is 30.3 Å². The van der Waals surface area contributed by atoms with Gasteiger partial charge in [0.15, 0.2) is 0 Å². The minimum absolute atomic E-state index is 0.0463. The van der Waals surface area contributed by atoms with Crippen molar-refractivity contribution in [1.82, 2.24) is 10.2 Å². The Morgan fingerprint density at radius 1 is 1.47 bits per heavy atom. The summed E-state index contributed by atoms with van der Waals surface area (Å²) in [5.74, 6) is 0.0463. The topological polar surface area (TPSA) is 52.6 Å². The molecule has 1 unspecified atom stereocenters. The van der Waals surface area contributed by atoms with Gasteiger partial charge in [0.1, 0.15) is 0 Å². The van der Waals surface area contributed by atoms with Crippen LogP contribution in [0.5, 0.6) is 0 Å². The number of amides is 1. The molecule has 2 atom stereocenters. The second-order valence-corrected chi connectivity index (χ2v) is 5.14. The monoisotopic (exact) mass is 262 g/mol. The highest BCUT2D eigenvalue weighted by Gasteiger charge is 2.28. The molecule has 1 amide bonds. The van der Waals surface area contributed by atoms with Crippen LogP contribution in [0.1, 0.15) is 18.9 Å². The van der Waals surface area contributed by atoms with Gasteiger partial charge in [-0.15, -0.1) is 0 Å². The summed E-state index contributed by atoms with van der Waals surface area (Å²) in [5.41, 5.74) is 1.23. The van der Waals surface area contributed by atoms with Gasteiger partial charge in [0, 0.05) is 19.6 Å². The first-order valence-corrected chi connectivity index (χ1v) is 6.90. The number of carbonyl (C=O) groups excluding carboxylic acids is 1. The Balaban J connectivity index is 1.72. The molecule has 0 saturated carbocycles. The standard InChI is InChI=1S/C15H22N2O2/c1-12(17-10-8-14(18)11-17)15(19)16-9-7-13-5-3-2-4-6-13/h2-6,12,14,18H,7-11H2,1H3,(H,16,19)/t12?,14-/m0/s1. The van der Waals surface area contributed by atoms with Crippen LogP contribution in [-0.2, 0) is 11.2 Å². The SMILES string of the molecule is CC(C(=O)NCCc1ccccc1)N1CC[C@H](O)C1. The molecule has 1 aromatic carbocycles. The van der Waals surface area contributed by atoms with Gasteiger partial charge in [0.05, 0.1) is 12.1 Å². The van der Waals surface area contributed by atoms with E-state index in [0.717, 1.165) is 19.4 Å². The molecule has 2 rings (SSSR count). The first-order valence-electron chi connectivity index (χ1n) is 6.90. The summed E-state index contributed by atoms with van der Waals surface area (Å²) in [5, 5.41) is 12.4. The molecule has 104 valence electrons. The molecule has 1 fully saturated rings. The predicted molar refractivity (Wildman–Crippen MR) is 74.8 cm³/mol. The molecular weight excluding hydrogens is 240 g/mol. The molecule has 19 heavy (non-hydrogen) atoms. The maximum absolute atomic E-state index is 12.0. The number of aliphatic hydroxyl groups is 1. The number of carbonyl (C=O) groups is 1. The molecule has 4 heteroatoms. The van der Waals surface area contributed by atoms with Crippen molar-refractivity contribution in [3.05, 3.63) is 35.9 Å². The fraction of sp³-hybridized carbons (Fsp3) is 0.533. The summed E-state index contributed by atoms with van der Waals surface area (Å²) >= 11 is 0. The normalized spacial score (nSPS) is 21.3. The van der Waals surface area contributed by atoms with E-state index in [1.54, 1.807) is 0 Å². The molecule has 1 aliphatic heterocycles. The zero-order valence-electron chi connectivity index (χ0n) is 11.4. The number of aliphatic hydroxyl groups excluding tert-OH is 1. The molecule has 0 spiro atoms. The van der Waals surface area contributed by atoms with Crippen LogP contribution in [0.3, 0.4) is 0 Å². The van der Waals surface area contributed by atoms with E-state index in [1.165, 1.54) is 5.56 Å².